The molecular weight excluding hydrogens is 296 g/mol. The van der Waals surface area contributed by atoms with Crippen LogP contribution in [-0.4, -0.2) is 41.0 Å². The van der Waals surface area contributed by atoms with Gasteiger partial charge in [-0.05, 0) is 25.7 Å². The van der Waals surface area contributed by atoms with Gasteiger partial charge in [0.2, 0.25) is 5.91 Å². The van der Waals surface area contributed by atoms with Gasteiger partial charge in [0.15, 0.2) is 5.13 Å². The van der Waals surface area contributed by atoms with E-state index in [2.05, 4.69) is 15.2 Å². The number of nitrogens with two attached hydrogens (primary N) is 1. The molecule has 122 valence electrons. The van der Waals surface area contributed by atoms with Gasteiger partial charge in [-0.2, -0.15) is 0 Å². The fourth-order valence-corrected chi connectivity index (χ4v) is 4.26. The normalized spacial score (nSPS) is 21.8. The molecule has 6 heteroatoms. The van der Waals surface area contributed by atoms with Crippen molar-refractivity contribution in [3.05, 3.63) is 11.1 Å². The summed E-state index contributed by atoms with van der Waals surface area (Å²) in [7, 11) is 0. The highest BCUT2D eigenvalue weighted by molar-refractivity contribution is 7.13. The van der Waals surface area contributed by atoms with Crippen molar-refractivity contribution in [1.82, 2.24) is 15.2 Å². The van der Waals surface area contributed by atoms with Gasteiger partial charge in [0.05, 0.1) is 12.1 Å². The number of amides is 1. The van der Waals surface area contributed by atoms with Crippen LogP contribution in [0.3, 0.4) is 0 Å². The van der Waals surface area contributed by atoms with Gasteiger partial charge in [0.25, 0.3) is 0 Å². The fraction of sp³-hybridized carbons (Fsp3) is 0.750. The number of hydrogen-bond donors (Lipinski definition) is 2. The highest BCUT2D eigenvalue weighted by Crippen LogP contribution is 2.25. The van der Waals surface area contributed by atoms with Crippen LogP contribution in [0.15, 0.2) is 5.38 Å². The van der Waals surface area contributed by atoms with Crippen molar-refractivity contribution in [3.8, 4) is 0 Å². The summed E-state index contributed by atoms with van der Waals surface area (Å²) in [6.07, 6.45) is 9.39. The van der Waals surface area contributed by atoms with E-state index >= 15 is 0 Å². The molecule has 1 amide bonds. The molecule has 0 bridgehead atoms. The van der Waals surface area contributed by atoms with Crippen LogP contribution in [0.5, 0.6) is 0 Å². The predicted octanol–water partition coefficient (Wildman–Crippen LogP) is 2.18. The third-order valence-corrected chi connectivity index (χ3v) is 5.62. The Morgan fingerprint density at radius 2 is 2.00 bits per heavy atom. The van der Waals surface area contributed by atoms with Crippen molar-refractivity contribution in [2.24, 2.45) is 0 Å². The molecule has 22 heavy (non-hydrogen) atoms. The first-order valence-electron chi connectivity index (χ1n) is 8.44. The van der Waals surface area contributed by atoms with Gasteiger partial charge in [-0.15, -0.1) is 11.3 Å². The van der Waals surface area contributed by atoms with E-state index in [-0.39, 0.29) is 5.91 Å². The Hall–Kier alpha value is -1.14. The summed E-state index contributed by atoms with van der Waals surface area (Å²) in [6, 6.07) is 1.12. The van der Waals surface area contributed by atoms with Crippen LogP contribution in [0.4, 0.5) is 5.13 Å². The second-order valence-corrected chi connectivity index (χ2v) is 7.41. The summed E-state index contributed by atoms with van der Waals surface area (Å²) in [4.78, 5) is 18.9. The van der Waals surface area contributed by atoms with Gasteiger partial charge in [-0.25, -0.2) is 4.98 Å². The maximum absolute atomic E-state index is 12.1. The highest BCUT2D eigenvalue weighted by atomic mass is 32.1. The smallest absolute Gasteiger partial charge is 0.226 e. The zero-order chi connectivity index (χ0) is 15.4. The minimum Gasteiger partial charge on any atom is -0.375 e. The van der Waals surface area contributed by atoms with Crippen molar-refractivity contribution in [3.63, 3.8) is 0 Å². The Bertz CT molecular complexity index is 490. The Balaban J connectivity index is 1.40. The van der Waals surface area contributed by atoms with Gasteiger partial charge in [-0.1, -0.05) is 19.3 Å². The predicted molar refractivity (Wildman–Crippen MR) is 89.8 cm³/mol. The summed E-state index contributed by atoms with van der Waals surface area (Å²) in [5.74, 6) is 0.0708. The lowest BCUT2D eigenvalue weighted by Crippen LogP contribution is -2.48. The summed E-state index contributed by atoms with van der Waals surface area (Å²) in [5, 5.41) is 5.55. The van der Waals surface area contributed by atoms with E-state index < -0.39 is 0 Å². The van der Waals surface area contributed by atoms with E-state index in [9.17, 15) is 4.79 Å². The van der Waals surface area contributed by atoms with Crippen molar-refractivity contribution in [2.45, 2.75) is 63.5 Å². The molecule has 1 aromatic rings. The Kier molecular flexibility index (Phi) is 5.31. The van der Waals surface area contributed by atoms with Gasteiger partial charge in [0, 0.05) is 30.6 Å². The molecule has 1 aromatic heterocycles. The SMILES string of the molecule is Nc1nc(CC(=O)NC2CCN(C3CCCCC3)CC2)cs1. The molecular formula is C16H26N4OS. The molecule has 2 fully saturated rings. The van der Waals surface area contributed by atoms with E-state index in [1.165, 1.54) is 43.4 Å². The Morgan fingerprint density at radius 3 is 2.64 bits per heavy atom. The average molecular weight is 322 g/mol. The molecule has 1 saturated carbocycles. The number of nitrogen functional groups attached to an aromatic ring is 1. The maximum atomic E-state index is 12.1. The number of nitrogens with one attached hydrogen (secondary N) is 1. The van der Waals surface area contributed by atoms with E-state index in [4.69, 9.17) is 5.73 Å². The third kappa shape index (κ3) is 4.20. The number of likely N-dealkylation sites (tertiary alicyclic amines) is 1. The summed E-state index contributed by atoms with van der Waals surface area (Å²) in [5.41, 5.74) is 6.37. The maximum Gasteiger partial charge on any atom is 0.226 e. The van der Waals surface area contributed by atoms with Crippen molar-refractivity contribution >= 4 is 22.4 Å². The lowest BCUT2D eigenvalue weighted by molar-refractivity contribution is -0.121. The van der Waals surface area contributed by atoms with Gasteiger partial charge < -0.3 is 16.0 Å². The molecule has 2 heterocycles. The van der Waals surface area contributed by atoms with Crippen LogP contribution in [0.2, 0.25) is 0 Å². The van der Waals surface area contributed by atoms with Crippen molar-refractivity contribution < 1.29 is 4.79 Å². The number of anilines is 1. The van der Waals surface area contributed by atoms with Crippen molar-refractivity contribution in [1.29, 1.82) is 0 Å². The van der Waals surface area contributed by atoms with Crippen LogP contribution >= 0.6 is 11.3 Å². The Labute approximate surface area is 136 Å². The number of nitrogens with zero attached hydrogens (tertiary/aromatic N) is 2. The quantitative estimate of drug-likeness (QED) is 0.891. The van der Waals surface area contributed by atoms with E-state index in [0.717, 1.165) is 37.7 Å². The summed E-state index contributed by atoms with van der Waals surface area (Å²) in [6.45, 7) is 2.25. The second kappa shape index (κ2) is 7.42. The molecule has 0 radical (unpaired) electrons. The largest absolute Gasteiger partial charge is 0.375 e. The zero-order valence-electron chi connectivity index (χ0n) is 13.1. The lowest BCUT2D eigenvalue weighted by atomic mass is 9.92. The van der Waals surface area contributed by atoms with Crippen LogP contribution in [-0.2, 0) is 11.2 Å². The molecule has 0 atom stereocenters. The first-order chi connectivity index (χ1) is 10.7. The molecule has 5 nitrogen and oxygen atoms in total. The number of thiazole rings is 1. The van der Waals surface area contributed by atoms with Crippen LogP contribution in [0.25, 0.3) is 0 Å². The molecule has 3 rings (SSSR count). The number of carbonyl (C=O) groups excluding carboxylic acids is 1. The number of hydrogen-bond acceptors (Lipinski definition) is 5. The van der Waals surface area contributed by atoms with Gasteiger partial charge in [-0.3, -0.25) is 4.79 Å². The molecule has 3 N–H and O–H groups in total. The first-order valence-corrected chi connectivity index (χ1v) is 9.32. The zero-order valence-corrected chi connectivity index (χ0v) is 13.9. The second-order valence-electron chi connectivity index (χ2n) is 6.52. The summed E-state index contributed by atoms with van der Waals surface area (Å²) >= 11 is 1.39. The molecule has 1 aliphatic heterocycles. The topological polar surface area (TPSA) is 71.2 Å². The molecule has 1 saturated heterocycles. The summed E-state index contributed by atoms with van der Waals surface area (Å²) < 4.78 is 0. The highest BCUT2D eigenvalue weighted by Gasteiger charge is 2.26. The molecule has 0 unspecified atom stereocenters. The Morgan fingerprint density at radius 1 is 1.27 bits per heavy atom. The van der Waals surface area contributed by atoms with Crippen LogP contribution in [0.1, 0.15) is 50.6 Å². The minimum absolute atomic E-state index is 0.0708. The molecule has 1 aliphatic carbocycles. The number of carbonyl (C=O) groups is 1. The molecule has 0 aromatic carbocycles. The van der Waals surface area contributed by atoms with Crippen LogP contribution in [0, 0.1) is 0 Å². The minimum atomic E-state index is 0.0708. The number of rotatable bonds is 4. The molecule has 0 spiro atoms. The van der Waals surface area contributed by atoms with Crippen molar-refractivity contribution in [2.75, 3.05) is 18.8 Å². The van der Waals surface area contributed by atoms with Gasteiger partial charge >= 0.3 is 0 Å². The third-order valence-electron chi connectivity index (χ3n) is 4.90. The number of aromatic nitrogens is 1. The lowest BCUT2D eigenvalue weighted by Gasteiger charge is -2.39. The average Bonchev–Trinajstić information content (AvgIpc) is 2.94. The standard InChI is InChI=1S/C16H26N4OS/c17-16-19-13(11-22-16)10-15(21)18-12-6-8-20(9-7-12)14-4-2-1-3-5-14/h11-12,14H,1-10H2,(H2,17,19)(H,18,21). The molecule has 2 aliphatic rings. The van der Waals surface area contributed by atoms with E-state index in [1.807, 2.05) is 5.38 Å². The fourth-order valence-electron chi connectivity index (χ4n) is 3.70. The first kappa shape index (κ1) is 15.7. The van der Waals surface area contributed by atoms with Crippen LogP contribution < -0.4 is 11.1 Å². The van der Waals surface area contributed by atoms with E-state index in [0.29, 0.717) is 17.6 Å². The monoisotopic (exact) mass is 322 g/mol. The van der Waals surface area contributed by atoms with E-state index in [1.54, 1.807) is 0 Å². The van der Waals surface area contributed by atoms with Gasteiger partial charge in [0.1, 0.15) is 0 Å². The number of piperidine rings is 1.